The van der Waals surface area contributed by atoms with Crippen LogP contribution in [0.15, 0.2) is 18.2 Å². The Morgan fingerprint density at radius 2 is 2.18 bits per heavy atom. The van der Waals surface area contributed by atoms with Crippen LogP contribution < -0.4 is 5.32 Å². The summed E-state index contributed by atoms with van der Waals surface area (Å²) in [4.78, 5) is 0. The van der Waals surface area contributed by atoms with Gasteiger partial charge < -0.3 is 10.1 Å². The monoisotopic (exact) mass is 239 g/mol. The molecular formula is C14H22FNO. The van der Waals surface area contributed by atoms with Crippen LogP contribution in [0.4, 0.5) is 4.39 Å². The average molecular weight is 239 g/mol. The number of benzene rings is 1. The molecule has 0 bridgehead atoms. The first-order valence-corrected chi connectivity index (χ1v) is 6.14. The van der Waals surface area contributed by atoms with Gasteiger partial charge in [0, 0.05) is 19.7 Å². The van der Waals surface area contributed by atoms with Crippen LogP contribution in [0.2, 0.25) is 0 Å². The zero-order chi connectivity index (χ0) is 12.7. The Hall–Kier alpha value is -0.930. The van der Waals surface area contributed by atoms with Crippen LogP contribution in [-0.2, 0) is 11.3 Å². The molecule has 0 spiro atoms. The Bertz CT molecular complexity index is 335. The van der Waals surface area contributed by atoms with Gasteiger partial charge in [0.25, 0.3) is 0 Å². The van der Waals surface area contributed by atoms with E-state index in [4.69, 9.17) is 4.74 Å². The SMILES string of the molecule is CCCC(COC)NCc1cc(F)ccc1C. The fraction of sp³-hybridized carbons (Fsp3) is 0.571. The summed E-state index contributed by atoms with van der Waals surface area (Å²) in [6, 6.07) is 5.25. The van der Waals surface area contributed by atoms with Gasteiger partial charge in [-0.05, 0) is 36.6 Å². The van der Waals surface area contributed by atoms with Gasteiger partial charge in [-0.25, -0.2) is 4.39 Å². The van der Waals surface area contributed by atoms with E-state index in [0.29, 0.717) is 19.2 Å². The highest BCUT2D eigenvalue weighted by Gasteiger charge is 2.07. The minimum absolute atomic E-state index is 0.175. The van der Waals surface area contributed by atoms with Crippen molar-refractivity contribution in [3.63, 3.8) is 0 Å². The summed E-state index contributed by atoms with van der Waals surface area (Å²) in [5.41, 5.74) is 2.13. The molecule has 1 atom stereocenters. The predicted octanol–water partition coefficient (Wildman–Crippen LogP) is 3.04. The van der Waals surface area contributed by atoms with Crippen LogP contribution in [-0.4, -0.2) is 19.8 Å². The van der Waals surface area contributed by atoms with Crippen LogP contribution >= 0.6 is 0 Å². The van der Waals surface area contributed by atoms with Crippen LogP contribution in [0.1, 0.15) is 30.9 Å². The van der Waals surface area contributed by atoms with Crippen LogP contribution in [0.5, 0.6) is 0 Å². The first-order chi connectivity index (χ1) is 8.17. The van der Waals surface area contributed by atoms with Crippen molar-refractivity contribution in [2.24, 2.45) is 0 Å². The van der Waals surface area contributed by atoms with Crippen LogP contribution in [0.3, 0.4) is 0 Å². The lowest BCUT2D eigenvalue weighted by Crippen LogP contribution is -2.32. The maximum absolute atomic E-state index is 13.1. The highest BCUT2D eigenvalue weighted by atomic mass is 19.1. The molecule has 3 heteroatoms. The van der Waals surface area contributed by atoms with Crippen molar-refractivity contribution in [2.45, 2.75) is 39.3 Å². The first-order valence-electron chi connectivity index (χ1n) is 6.14. The van der Waals surface area contributed by atoms with Crippen molar-refractivity contribution < 1.29 is 9.13 Å². The number of ether oxygens (including phenoxy) is 1. The van der Waals surface area contributed by atoms with E-state index in [0.717, 1.165) is 24.0 Å². The summed E-state index contributed by atoms with van der Waals surface area (Å²) in [5.74, 6) is -0.175. The van der Waals surface area contributed by atoms with Crippen molar-refractivity contribution in [1.82, 2.24) is 5.32 Å². The Labute approximate surface area is 103 Å². The van der Waals surface area contributed by atoms with E-state index >= 15 is 0 Å². The highest BCUT2D eigenvalue weighted by Crippen LogP contribution is 2.10. The fourth-order valence-electron chi connectivity index (χ4n) is 1.88. The zero-order valence-corrected chi connectivity index (χ0v) is 10.9. The van der Waals surface area contributed by atoms with Gasteiger partial charge in [-0.1, -0.05) is 19.4 Å². The number of hydrogen-bond donors (Lipinski definition) is 1. The predicted molar refractivity (Wildman–Crippen MR) is 68.5 cm³/mol. The first kappa shape index (κ1) is 14.1. The molecule has 0 amide bonds. The molecule has 0 aromatic heterocycles. The molecule has 1 N–H and O–H groups in total. The second-order valence-corrected chi connectivity index (χ2v) is 4.39. The molecule has 0 heterocycles. The largest absolute Gasteiger partial charge is 0.383 e. The number of methoxy groups -OCH3 is 1. The Morgan fingerprint density at radius 1 is 1.41 bits per heavy atom. The van der Waals surface area contributed by atoms with E-state index in [1.54, 1.807) is 13.2 Å². The molecule has 1 rings (SSSR count). The van der Waals surface area contributed by atoms with E-state index in [1.807, 2.05) is 13.0 Å². The van der Waals surface area contributed by atoms with Gasteiger partial charge in [0.2, 0.25) is 0 Å². The molecule has 96 valence electrons. The van der Waals surface area contributed by atoms with Crippen molar-refractivity contribution in [3.05, 3.63) is 35.1 Å². The minimum atomic E-state index is -0.175. The van der Waals surface area contributed by atoms with E-state index < -0.39 is 0 Å². The molecule has 0 saturated carbocycles. The third-order valence-electron chi connectivity index (χ3n) is 2.90. The third kappa shape index (κ3) is 4.84. The lowest BCUT2D eigenvalue weighted by molar-refractivity contribution is 0.161. The smallest absolute Gasteiger partial charge is 0.123 e. The quantitative estimate of drug-likeness (QED) is 0.789. The molecule has 0 radical (unpaired) electrons. The molecule has 0 fully saturated rings. The lowest BCUT2D eigenvalue weighted by Gasteiger charge is -2.18. The number of nitrogens with one attached hydrogen (secondary N) is 1. The van der Waals surface area contributed by atoms with Gasteiger partial charge in [0.05, 0.1) is 6.61 Å². The van der Waals surface area contributed by atoms with Crippen molar-refractivity contribution in [3.8, 4) is 0 Å². The summed E-state index contributed by atoms with van der Waals surface area (Å²) < 4.78 is 18.3. The minimum Gasteiger partial charge on any atom is -0.383 e. The maximum atomic E-state index is 13.1. The molecule has 0 aliphatic heterocycles. The lowest BCUT2D eigenvalue weighted by atomic mass is 10.1. The Balaban J connectivity index is 2.55. The topological polar surface area (TPSA) is 21.3 Å². The molecule has 1 aromatic carbocycles. The molecule has 2 nitrogen and oxygen atoms in total. The second-order valence-electron chi connectivity index (χ2n) is 4.39. The van der Waals surface area contributed by atoms with Gasteiger partial charge in [0.1, 0.15) is 5.82 Å². The summed E-state index contributed by atoms with van der Waals surface area (Å²) in [5, 5.41) is 3.41. The second kappa shape index (κ2) is 7.41. The zero-order valence-electron chi connectivity index (χ0n) is 10.9. The molecule has 1 aromatic rings. The molecule has 17 heavy (non-hydrogen) atoms. The van der Waals surface area contributed by atoms with Gasteiger partial charge in [-0.3, -0.25) is 0 Å². The van der Waals surface area contributed by atoms with Crippen molar-refractivity contribution in [1.29, 1.82) is 0 Å². The molecule has 1 unspecified atom stereocenters. The van der Waals surface area contributed by atoms with Crippen molar-refractivity contribution >= 4 is 0 Å². The fourth-order valence-corrected chi connectivity index (χ4v) is 1.88. The number of aryl methyl sites for hydroxylation is 1. The van der Waals surface area contributed by atoms with E-state index in [1.165, 1.54) is 6.07 Å². The molecular weight excluding hydrogens is 217 g/mol. The Kier molecular flexibility index (Phi) is 6.16. The van der Waals surface area contributed by atoms with Gasteiger partial charge in [0.15, 0.2) is 0 Å². The number of halogens is 1. The third-order valence-corrected chi connectivity index (χ3v) is 2.90. The van der Waals surface area contributed by atoms with Crippen LogP contribution in [0.25, 0.3) is 0 Å². The molecule has 0 aliphatic carbocycles. The normalized spacial score (nSPS) is 12.7. The molecule has 0 aliphatic rings. The molecule has 0 saturated heterocycles. The highest BCUT2D eigenvalue weighted by molar-refractivity contribution is 5.26. The van der Waals surface area contributed by atoms with Gasteiger partial charge in [-0.15, -0.1) is 0 Å². The van der Waals surface area contributed by atoms with Crippen LogP contribution in [0, 0.1) is 12.7 Å². The van der Waals surface area contributed by atoms with Crippen molar-refractivity contribution in [2.75, 3.05) is 13.7 Å². The number of rotatable bonds is 7. The van der Waals surface area contributed by atoms with Gasteiger partial charge in [-0.2, -0.15) is 0 Å². The summed E-state index contributed by atoms with van der Waals surface area (Å²) >= 11 is 0. The average Bonchev–Trinajstić information content (AvgIpc) is 2.30. The standard InChI is InChI=1S/C14H22FNO/c1-4-5-14(10-17-3)16-9-12-8-13(15)7-6-11(12)2/h6-8,14,16H,4-5,9-10H2,1-3H3. The summed E-state index contributed by atoms with van der Waals surface area (Å²) in [6.07, 6.45) is 2.19. The Morgan fingerprint density at radius 3 is 2.82 bits per heavy atom. The summed E-state index contributed by atoms with van der Waals surface area (Å²) in [7, 11) is 1.71. The maximum Gasteiger partial charge on any atom is 0.123 e. The van der Waals surface area contributed by atoms with Gasteiger partial charge >= 0.3 is 0 Å². The summed E-state index contributed by atoms with van der Waals surface area (Å²) in [6.45, 7) is 5.54. The van der Waals surface area contributed by atoms with E-state index in [2.05, 4.69) is 12.2 Å². The van der Waals surface area contributed by atoms with E-state index in [-0.39, 0.29) is 5.82 Å². The van der Waals surface area contributed by atoms with E-state index in [9.17, 15) is 4.39 Å². The number of hydrogen-bond acceptors (Lipinski definition) is 2.